The van der Waals surface area contributed by atoms with E-state index in [4.69, 9.17) is 23.4 Å². The summed E-state index contributed by atoms with van der Waals surface area (Å²) in [5.74, 6) is -9.61. The van der Waals surface area contributed by atoms with Gasteiger partial charge in [0.05, 0.1) is 12.7 Å². The number of benzene rings is 2. The minimum Gasteiger partial charge on any atom is -0.454 e. The molecule has 0 aliphatic carbocycles. The van der Waals surface area contributed by atoms with E-state index in [1.807, 2.05) is 0 Å². The molecule has 0 amide bonds. The lowest BCUT2D eigenvalue weighted by Gasteiger charge is -2.45. The Labute approximate surface area is 462 Å². The average Bonchev–Trinajstić information content (AvgIpc) is 3.43. The van der Waals surface area contributed by atoms with Crippen molar-refractivity contribution in [2.24, 2.45) is 0 Å². The van der Waals surface area contributed by atoms with Gasteiger partial charge in [0, 0.05) is 17.7 Å². The van der Waals surface area contributed by atoms with Crippen LogP contribution in [0.15, 0.2) is 39.5 Å². The zero-order valence-electron chi connectivity index (χ0n) is 38.6. The van der Waals surface area contributed by atoms with E-state index >= 15 is 0 Å². The maximum Gasteiger partial charge on any atom is 0.446 e. The predicted molar refractivity (Wildman–Crippen MR) is 245 cm³/mol. The molecule has 1 aromatic heterocycles. The summed E-state index contributed by atoms with van der Waals surface area (Å²) < 4.78 is 405. The van der Waals surface area contributed by atoms with E-state index in [-0.39, 0.29) is 24.3 Å². The highest BCUT2D eigenvalue weighted by molar-refractivity contribution is 7.83. The van der Waals surface area contributed by atoms with E-state index in [2.05, 4.69) is 41.8 Å². The van der Waals surface area contributed by atoms with Gasteiger partial charge in [0.25, 0.3) is 0 Å². The van der Waals surface area contributed by atoms with Gasteiger partial charge in [0.15, 0.2) is 47.3 Å². The zero-order chi connectivity index (χ0) is 63.4. The molecule has 2 aliphatic heterocycles. The van der Waals surface area contributed by atoms with Crippen molar-refractivity contribution >= 4 is 115 Å². The van der Waals surface area contributed by atoms with Gasteiger partial charge in [0.1, 0.15) is 41.5 Å². The van der Waals surface area contributed by atoms with Gasteiger partial charge in [-0.05, 0) is 25.1 Å². The SMILES string of the molecule is C[C@@H]1O[C@@H](OC[C@H]2O[C@@H](Oc3c(-c4ccc(OS(=O)(=O)O)c(OS(=O)(=O)O)c4)oc4cc(OS(=O)(=O)O)cc(OS(=O)(=O)O)c4c3=O)[C@H](OS(=O)(=O)O)[C@@H](OS(=O)(=O)O)[C@@H]2OS(=O)(=O)O)[C@H](OS(=O)(=O)O)[C@H](OS(=O)(=O)O)[C@H]1OS(=O)(=O)O. The second-order valence-corrected chi connectivity index (χ2v) is 25.6. The lowest BCUT2D eigenvalue weighted by molar-refractivity contribution is -0.306. The Morgan fingerprint density at radius 3 is 1.31 bits per heavy atom. The first-order chi connectivity index (χ1) is 37.1. The standard InChI is InChI=1S/C27H30O46S10/c1-8-18(68-78(41,42)43)22(70-80(47,48)49)24(72-82(53,54)55)26(60-8)59-7-15-20(69-79(44,45)46)23(71-81(50,51)52)25(73-83(56,57)58)27(62-15)63-21-17(28)16-13(5-10(64-74(29,30)31)6-14(16)67-77(38,39)40)61-19(21)9-2-3-11(65-75(32,33)34)12(4-9)66-76(35,36)37/h2-6,8,15,18,20,22-27H,7H2,1H3,(H,29,30,31)(H,32,33,34)(H,35,36,37)(H,38,39,40)(H,41,42,43)(H,44,45,46)(H,47,48,49)(H,50,51,52)(H,53,54,55)(H,56,57,58)/t8-,15+,18-,20+,22+,23-,24+,25+,26+,27-/m0/s1. The van der Waals surface area contributed by atoms with Crippen molar-refractivity contribution < 1.29 is 195 Å². The number of hydrogen-bond donors (Lipinski definition) is 10. The van der Waals surface area contributed by atoms with Crippen molar-refractivity contribution in [3.8, 4) is 40.1 Å². The molecule has 0 bridgehead atoms. The topological polar surface area (TPSA) is 703 Å². The molecule has 46 nitrogen and oxygen atoms in total. The summed E-state index contributed by atoms with van der Waals surface area (Å²) in [6, 6.07) is 0.957. The molecule has 2 fully saturated rings. The van der Waals surface area contributed by atoms with Crippen LogP contribution >= 0.6 is 0 Å². The molecule has 0 radical (unpaired) electrons. The maximum atomic E-state index is 14.8. The highest BCUT2D eigenvalue weighted by atomic mass is 32.3. The van der Waals surface area contributed by atoms with Gasteiger partial charge in [-0.3, -0.25) is 50.3 Å². The largest absolute Gasteiger partial charge is 0.454 e. The summed E-state index contributed by atoms with van der Waals surface area (Å²) in [5.41, 5.74) is -4.68. The van der Waals surface area contributed by atoms with Crippen LogP contribution in [0.5, 0.6) is 28.7 Å². The van der Waals surface area contributed by atoms with Crippen LogP contribution in [0.3, 0.4) is 0 Å². The number of ether oxygens (including phenoxy) is 4. The van der Waals surface area contributed by atoms with Gasteiger partial charge >= 0.3 is 104 Å². The molecular weight excluding hydrogens is 1380 g/mol. The van der Waals surface area contributed by atoms with E-state index in [1.54, 1.807) is 0 Å². The van der Waals surface area contributed by atoms with Crippen LogP contribution in [0.4, 0.5) is 0 Å². The second-order valence-electron chi connectivity index (χ2n) is 15.2. The normalized spacial score (nSPS) is 24.7. The highest BCUT2D eigenvalue weighted by Crippen LogP contribution is 2.43. The Kier molecular flexibility index (Phi) is 20.2. The Bertz CT molecular complexity index is 4230. The fourth-order valence-electron chi connectivity index (χ4n) is 6.94. The van der Waals surface area contributed by atoms with Crippen molar-refractivity contribution in [3.05, 3.63) is 40.6 Å². The fraction of sp³-hybridized carbons (Fsp3) is 0.444. The number of rotatable bonds is 26. The number of fused-ring (bicyclic) bond motifs is 1. The molecule has 2 aromatic carbocycles. The van der Waals surface area contributed by atoms with E-state index in [9.17, 15) is 135 Å². The molecule has 0 spiro atoms. The van der Waals surface area contributed by atoms with Gasteiger partial charge in [-0.1, -0.05) is 0 Å². The van der Waals surface area contributed by atoms with E-state index in [0.29, 0.717) is 13.0 Å². The number of hydrogen-bond acceptors (Lipinski definition) is 36. The first-order valence-electron chi connectivity index (χ1n) is 19.6. The molecule has 3 heterocycles. The van der Waals surface area contributed by atoms with E-state index in [1.165, 1.54) is 0 Å². The van der Waals surface area contributed by atoms with Crippen LogP contribution in [0.1, 0.15) is 6.92 Å². The molecule has 10 atom stereocenters. The minimum atomic E-state index is -6.39. The maximum absolute atomic E-state index is 14.8. The summed E-state index contributed by atoms with van der Waals surface area (Å²) in [5, 5.41) is -1.54. The van der Waals surface area contributed by atoms with Gasteiger partial charge in [-0.25, -0.2) is 25.1 Å². The third kappa shape index (κ3) is 21.4. The molecular formula is C27H30O46S10. The molecule has 5 rings (SSSR count). The van der Waals surface area contributed by atoms with Crippen molar-refractivity contribution in [2.75, 3.05) is 6.61 Å². The molecule has 83 heavy (non-hydrogen) atoms. The summed E-state index contributed by atoms with van der Waals surface area (Å²) in [6.45, 7) is -1.33. The van der Waals surface area contributed by atoms with Crippen LogP contribution in [-0.2, 0) is 143 Å². The van der Waals surface area contributed by atoms with Crippen LogP contribution in [0, 0.1) is 0 Å². The Morgan fingerprint density at radius 2 is 0.843 bits per heavy atom. The van der Waals surface area contributed by atoms with Gasteiger partial charge in [-0.2, -0.15) is 84.2 Å². The Morgan fingerprint density at radius 1 is 0.434 bits per heavy atom. The van der Waals surface area contributed by atoms with Crippen molar-refractivity contribution in [1.29, 1.82) is 0 Å². The molecule has 2 aliphatic rings. The first kappa shape index (κ1) is 69.2. The van der Waals surface area contributed by atoms with Gasteiger partial charge < -0.3 is 40.1 Å². The third-order valence-corrected chi connectivity index (χ3v) is 13.6. The molecule has 2 saturated heterocycles. The lowest BCUT2D eigenvalue weighted by atomic mass is 9.98. The fourth-order valence-corrected chi connectivity index (χ4v) is 11.4. The van der Waals surface area contributed by atoms with E-state index in [0.717, 1.165) is 0 Å². The molecule has 0 saturated carbocycles. The van der Waals surface area contributed by atoms with Crippen LogP contribution in [-0.4, -0.2) is 198 Å². The molecule has 474 valence electrons. The summed E-state index contributed by atoms with van der Waals surface area (Å²) >= 11 is 0. The second kappa shape index (κ2) is 24.3. The smallest absolute Gasteiger partial charge is 0.446 e. The molecule has 56 heteroatoms. The quantitative estimate of drug-likeness (QED) is 0.0337. The van der Waals surface area contributed by atoms with Crippen LogP contribution in [0.2, 0.25) is 0 Å². The van der Waals surface area contributed by atoms with Gasteiger partial charge in [0.2, 0.25) is 17.5 Å². The summed E-state index contributed by atoms with van der Waals surface area (Å²) in [6.07, 6.45) is -31.1. The summed E-state index contributed by atoms with van der Waals surface area (Å²) in [4.78, 5) is 14.8. The Hall–Kier alpha value is -4.61. The van der Waals surface area contributed by atoms with Crippen molar-refractivity contribution in [1.82, 2.24) is 0 Å². The summed E-state index contributed by atoms with van der Waals surface area (Å²) in [7, 11) is -60.4. The van der Waals surface area contributed by atoms with Crippen molar-refractivity contribution in [2.45, 2.75) is 68.3 Å². The Balaban J connectivity index is 1.88. The third-order valence-electron chi connectivity index (χ3n) is 9.26. The monoisotopic (exact) mass is 1410 g/mol. The lowest BCUT2D eigenvalue weighted by Crippen LogP contribution is -2.65. The minimum absolute atomic E-state index is 0.0293. The average molecular weight is 1410 g/mol. The first-order valence-corrected chi connectivity index (χ1v) is 33.3. The van der Waals surface area contributed by atoms with E-state index < -0.39 is 228 Å². The zero-order valence-corrected chi connectivity index (χ0v) is 46.8. The van der Waals surface area contributed by atoms with Crippen LogP contribution in [0.25, 0.3) is 22.3 Å². The molecule has 3 aromatic rings. The van der Waals surface area contributed by atoms with Crippen LogP contribution < -0.4 is 26.9 Å². The van der Waals surface area contributed by atoms with Crippen molar-refractivity contribution in [3.63, 3.8) is 0 Å². The molecule has 10 N–H and O–H groups in total. The molecule has 0 unspecified atom stereocenters. The predicted octanol–water partition coefficient (Wildman–Crippen LogP) is -4.82. The van der Waals surface area contributed by atoms with Gasteiger partial charge in [-0.15, -0.1) is 0 Å². The highest BCUT2D eigenvalue weighted by Gasteiger charge is 2.57.